The molecule has 0 saturated carbocycles. The summed E-state index contributed by atoms with van der Waals surface area (Å²) in [6, 6.07) is 1.93. The lowest BCUT2D eigenvalue weighted by Gasteiger charge is -2.09. The number of hydrogen-bond acceptors (Lipinski definition) is 3. The number of nitrogens with zero attached hydrogens (tertiary/aromatic N) is 1. The Kier molecular flexibility index (Phi) is 2.60. The van der Waals surface area contributed by atoms with Gasteiger partial charge in [0.05, 0.1) is 5.69 Å². The zero-order valence-corrected chi connectivity index (χ0v) is 7.93. The SMILES string of the molecule is Cc1cc(C(S)C(C)C)no1. The molecular formula is C8H13NOS. The van der Waals surface area contributed by atoms with E-state index in [1.807, 2.05) is 13.0 Å². The maximum Gasteiger partial charge on any atom is 0.133 e. The van der Waals surface area contributed by atoms with E-state index in [9.17, 15) is 0 Å². The van der Waals surface area contributed by atoms with Crippen LogP contribution in [0.5, 0.6) is 0 Å². The summed E-state index contributed by atoms with van der Waals surface area (Å²) < 4.78 is 4.94. The molecule has 0 aromatic carbocycles. The van der Waals surface area contributed by atoms with Crippen molar-refractivity contribution >= 4 is 12.6 Å². The minimum absolute atomic E-state index is 0.187. The van der Waals surface area contributed by atoms with Crippen LogP contribution in [0.15, 0.2) is 10.6 Å². The van der Waals surface area contributed by atoms with Crippen LogP contribution in [-0.4, -0.2) is 5.16 Å². The van der Waals surface area contributed by atoms with E-state index in [4.69, 9.17) is 4.52 Å². The predicted octanol–water partition coefficient (Wildman–Crippen LogP) is 2.61. The van der Waals surface area contributed by atoms with Gasteiger partial charge in [-0.1, -0.05) is 19.0 Å². The molecule has 0 amide bonds. The maximum absolute atomic E-state index is 4.94. The second-order valence-electron chi connectivity index (χ2n) is 3.05. The van der Waals surface area contributed by atoms with Crippen LogP contribution in [0.2, 0.25) is 0 Å². The van der Waals surface area contributed by atoms with Gasteiger partial charge in [0, 0.05) is 11.3 Å². The van der Waals surface area contributed by atoms with Crippen LogP contribution in [0.1, 0.15) is 30.6 Å². The number of rotatable bonds is 2. The van der Waals surface area contributed by atoms with Crippen LogP contribution in [0.25, 0.3) is 0 Å². The van der Waals surface area contributed by atoms with E-state index >= 15 is 0 Å². The van der Waals surface area contributed by atoms with Crippen LogP contribution < -0.4 is 0 Å². The van der Waals surface area contributed by atoms with E-state index in [0.29, 0.717) is 5.92 Å². The van der Waals surface area contributed by atoms with Crippen LogP contribution in [0.4, 0.5) is 0 Å². The lowest BCUT2D eigenvalue weighted by Crippen LogP contribution is -1.98. The average molecular weight is 171 g/mol. The van der Waals surface area contributed by atoms with Crippen molar-refractivity contribution in [3.63, 3.8) is 0 Å². The third kappa shape index (κ3) is 1.99. The van der Waals surface area contributed by atoms with Gasteiger partial charge in [-0.25, -0.2) is 0 Å². The molecule has 1 aromatic heterocycles. The van der Waals surface area contributed by atoms with Gasteiger partial charge in [-0.05, 0) is 12.8 Å². The van der Waals surface area contributed by atoms with E-state index in [0.717, 1.165) is 11.5 Å². The monoisotopic (exact) mass is 171 g/mol. The van der Waals surface area contributed by atoms with Crippen molar-refractivity contribution in [2.75, 3.05) is 0 Å². The van der Waals surface area contributed by atoms with Crippen molar-refractivity contribution in [2.24, 2.45) is 5.92 Å². The van der Waals surface area contributed by atoms with Crippen LogP contribution in [0, 0.1) is 12.8 Å². The Balaban J connectivity index is 2.76. The highest BCUT2D eigenvalue weighted by Gasteiger charge is 2.14. The molecule has 0 aliphatic carbocycles. The number of aryl methyl sites for hydroxylation is 1. The summed E-state index contributed by atoms with van der Waals surface area (Å²) in [7, 11) is 0. The summed E-state index contributed by atoms with van der Waals surface area (Å²) in [5, 5.41) is 4.07. The first-order chi connectivity index (χ1) is 5.11. The molecule has 0 aliphatic heterocycles. The maximum atomic E-state index is 4.94. The summed E-state index contributed by atoms with van der Waals surface area (Å²) in [6.45, 7) is 6.11. The molecule has 0 N–H and O–H groups in total. The van der Waals surface area contributed by atoms with Gasteiger partial charge in [-0.15, -0.1) is 0 Å². The van der Waals surface area contributed by atoms with E-state index in [1.54, 1.807) is 0 Å². The molecule has 0 spiro atoms. The molecule has 3 heteroatoms. The Labute approximate surface area is 72.4 Å². The molecule has 1 rings (SSSR count). The average Bonchev–Trinajstić information content (AvgIpc) is 2.34. The largest absolute Gasteiger partial charge is 0.361 e. The normalized spacial score (nSPS) is 13.9. The molecule has 1 atom stereocenters. The van der Waals surface area contributed by atoms with Gasteiger partial charge < -0.3 is 4.52 Å². The lowest BCUT2D eigenvalue weighted by atomic mass is 10.1. The van der Waals surface area contributed by atoms with E-state index in [1.165, 1.54) is 0 Å². The summed E-state index contributed by atoms with van der Waals surface area (Å²) in [4.78, 5) is 0. The first kappa shape index (κ1) is 8.65. The summed E-state index contributed by atoms with van der Waals surface area (Å²) in [5.74, 6) is 1.34. The van der Waals surface area contributed by atoms with Gasteiger partial charge in [0.25, 0.3) is 0 Å². The number of aromatic nitrogens is 1. The smallest absolute Gasteiger partial charge is 0.133 e. The summed E-state index contributed by atoms with van der Waals surface area (Å²) in [5.41, 5.74) is 0.931. The van der Waals surface area contributed by atoms with Crippen molar-refractivity contribution in [3.05, 3.63) is 17.5 Å². The van der Waals surface area contributed by atoms with Crippen molar-refractivity contribution in [3.8, 4) is 0 Å². The van der Waals surface area contributed by atoms with Gasteiger partial charge in [0.15, 0.2) is 0 Å². The Bertz CT molecular complexity index is 232. The van der Waals surface area contributed by atoms with E-state index in [2.05, 4.69) is 31.6 Å². The summed E-state index contributed by atoms with van der Waals surface area (Å²) >= 11 is 4.41. The van der Waals surface area contributed by atoms with E-state index < -0.39 is 0 Å². The second kappa shape index (κ2) is 3.30. The first-order valence-corrected chi connectivity index (χ1v) is 4.24. The molecule has 1 heterocycles. The fourth-order valence-corrected chi connectivity index (χ4v) is 0.988. The molecule has 0 radical (unpaired) electrons. The highest BCUT2D eigenvalue weighted by molar-refractivity contribution is 7.80. The quantitative estimate of drug-likeness (QED) is 0.692. The van der Waals surface area contributed by atoms with Crippen LogP contribution >= 0.6 is 12.6 Å². The molecule has 0 bridgehead atoms. The van der Waals surface area contributed by atoms with Crippen LogP contribution in [-0.2, 0) is 0 Å². The number of hydrogen-bond donors (Lipinski definition) is 1. The molecule has 1 aromatic rings. The highest BCUT2D eigenvalue weighted by atomic mass is 32.1. The second-order valence-corrected chi connectivity index (χ2v) is 3.61. The molecule has 0 aliphatic rings. The minimum atomic E-state index is 0.187. The molecule has 0 fully saturated rings. The number of thiol groups is 1. The standard InChI is InChI=1S/C8H13NOS/c1-5(2)8(11)7-4-6(3)10-9-7/h4-5,8,11H,1-3H3. The fraction of sp³-hybridized carbons (Fsp3) is 0.625. The van der Waals surface area contributed by atoms with Gasteiger partial charge in [0.1, 0.15) is 5.76 Å². The predicted molar refractivity (Wildman–Crippen MR) is 47.8 cm³/mol. The minimum Gasteiger partial charge on any atom is -0.361 e. The van der Waals surface area contributed by atoms with Gasteiger partial charge in [-0.2, -0.15) is 12.6 Å². The Hall–Kier alpha value is -0.440. The Morgan fingerprint density at radius 1 is 1.55 bits per heavy atom. The van der Waals surface area contributed by atoms with Crippen molar-refractivity contribution in [1.29, 1.82) is 0 Å². The molecule has 1 unspecified atom stereocenters. The van der Waals surface area contributed by atoms with Gasteiger partial charge in [0.2, 0.25) is 0 Å². The van der Waals surface area contributed by atoms with Crippen molar-refractivity contribution < 1.29 is 4.52 Å². The highest BCUT2D eigenvalue weighted by Crippen LogP contribution is 2.26. The fourth-order valence-electron chi connectivity index (χ4n) is 0.867. The van der Waals surface area contributed by atoms with Gasteiger partial charge >= 0.3 is 0 Å². The third-order valence-corrected chi connectivity index (χ3v) is 2.44. The molecule has 62 valence electrons. The molecular weight excluding hydrogens is 158 g/mol. The third-order valence-electron chi connectivity index (χ3n) is 1.58. The molecule has 11 heavy (non-hydrogen) atoms. The first-order valence-electron chi connectivity index (χ1n) is 3.72. The van der Waals surface area contributed by atoms with Gasteiger partial charge in [-0.3, -0.25) is 0 Å². The zero-order chi connectivity index (χ0) is 8.43. The van der Waals surface area contributed by atoms with Crippen molar-refractivity contribution in [1.82, 2.24) is 5.16 Å². The summed E-state index contributed by atoms with van der Waals surface area (Å²) in [6.07, 6.45) is 0. The lowest BCUT2D eigenvalue weighted by molar-refractivity contribution is 0.386. The Morgan fingerprint density at radius 3 is 2.55 bits per heavy atom. The Morgan fingerprint density at radius 2 is 2.18 bits per heavy atom. The van der Waals surface area contributed by atoms with Crippen molar-refractivity contribution in [2.45, 2.75) is 26.0 Å². The van der Waals surface area contributed by atoms with Crippen LogP contribution in [0.3, 0.4) is 0 Å². The van der Waals surface area contributed by atoms with E-state index in [-0.39, 0.29) is 5.25 Å². The topological polar surface area (TPSA) is 26.0 Å². The molecule has 2 nitrogen and oxygen atoms in total. The molecule has 0 saturated heterocycles. The zero-order valence-electron chi connectivity index (χ0n) is 7.03.